The largest absolute Gasteiger partial charge is 0.439 e. The van der Waals surface area contributed by atoms with Crippen LogP contribution in [0.2, 0.25) is 0 Å². The molecule has 3 rings (SSSR count). The molecular formula is C15H16N4O. The number of rotatable bonds is 2. The lowest BCUT2D eigenvalue weighted by molar-refractivity contribution is 0.434. The van der Waals surface area contributed by atoms with E-state index < -0.39 is 0 Å². The minimum absolute atomic E-state index is 0.689. The molecule has 0 bridgehead atoms. The molecular weight excluding hydrogens is 252 g/mol. The van der Waals surface area contributed by atoms with Gasteiger partial charge in [-0.05, 0) is 32.0 Å². The van der Waals surface area contributed by atoms with Gasteiger partial charge in [-0.25, -0.2) is 4.68 Å². The molecule has 102 valence electrons. The highest BCUT2D eigenvalue weighted by Crippen LogP contribution is 2.31. The highest BCUT2D eigenvalue weighted by Gasteiger charge is 2.10. The SMILES string of the molecule is Cc1cc(Oc2cc(C)nn2C)c2cc(N)ccc2n1. The lowest BCUT2D eigenvalue weighted by Crippen LogP contribution is -1.97. The number of hydrogen-bond donors (Lipinski definition) is 1. The van der Waals surface area contributed by atoms with Crippen molar-refractivity contribution in [3.8, 4) is 11.6 Å². The number of anilines is 1. The molecule has 3 aromatic rings. The number of benzene rings is 1. The fourth-order valence-corrected chi connectivity index (χ4v) is 2.22. The van der Waals surface area contributed by atoms with Gasteiger partial charge in [-0.2, -0.15) is 5.10 Å². The third kappa shape index (κ3) is 2.18. The number of nitrogens with two attached hydrogens (primary N) is 1. The molecule has 20 heavy (non-hydrogen) atoms. The first-order valence-electron chi connectivity index (χ1n) is 6.38. The molecule has 0 aliphatic carbocycles. The minimum Gasteiger partial charge on any atom is -0.439 e. The first kappa shape index (κ1) is 12.5. The summed E-state index contributed by atoms with van der Waals surface area (Å²) in [5.41, 5.74) is 9.23. The average Bonchev–Trinajstić information content (AvgIpc) is 2.69. The van der Waals surface area contributed by atoms with E-state index in [4.69, 9.17) is 10.5 Å². The maximum Gasteiger partial charge on any atom is 0.217 e. The van der Waals surface area contributed by atoms with Crippen molar-refractivity contribution >= 4 is 16.6 Å². The van der Waals surface area contributed by atoms with Crippen LogP contribution < -0.4 is 10.5 Å². The lowest BCUT2D eigenvalue weighted by Gasteiger charge is -2.10. The minimum atomic E-state index is 0.689. The van der Waals surface area contributed by atoms with E-state index in [2.05, 4.69) is 10.1 Å². The zero-order chi connectivity index (χ0) is 14.3. The van der Waals surface area contributed by atoms with Gasteiger partial charge in [0.05, 0.1) is 11.2 Å². The normalized spacial score (nSPS) is 10.9. The van der Waals surface area contributed by atoms with Crippen molar-refractivity contribution in [3.63, 3.8) is 0 Å². The topological polar surface area (TPSA) is 66.0 Å². The molecule has 0 spiro atoms. The van der Waals surface area contributed by atoms with Gasteiger partial charge < -0.3 is 10.5 Å². The third-order valence-corrected chi connectivity index (χ3v) is 3.10. The Labute approximate surface area is 117 Å². The van der Waals surface area contributed by atoms with E-state index in [1.807, 2.05) is 51.2 Å². The predicted octanol–water partition coefficient (Wildman–Crippen LogP) is 2.96. The second kappa shape index (κ2) is 4.52. The molecule has 0 fully saturated rings. The summed E-state index contributed by atoms with van der Waals surface area (Å²) in [4.78, 5) is 4.49. The van der Waals surface area contributed by atoms with Gasteiger partial charge in [0.25, 0.3) is 0 Å². The smallest absolute Gasteiger partial charge is 0.217 e. The number of aryl methyl sites for hydroxylation is 3. The Bertz CT molecular complexity index is 792. The second-order valence-electron chi connectivity index (χ2n) is 4.89. The van der Waals surface area contributed by atoms with E-state index in [0.717, 1.165) is 28.0 Å². The van der Waals surface area contributed by atoms with E-state index in [-0.39, 0.29) is 0 Å². The molecule has 2 N–H and O–H groups in total. The Balaban J connectivity index is 2.15. The summed E-state index contributed by atoms with van der Waals surface area (Å²) in [6, 6.07) is 9.42. The van der Waals surface area contributed by atoms with E-state index in [0.29, 0.717) is 11.6 Å². The Hall–Kier alpha value is -2.56. The fraction of sp³-hybridized carbons (Fsp3) is 0.200. The van der Waals surface area contributed by atoms with Gasteiger partial charge in [0.2, 0.25) is 5.88 Å². The van der Waals surface area contributed by atoms with Gasteiger partial charge >= 0.3 is 0 Å². The highest BCUT2D eigenvalue weighted by atomic mass is 16.5. The zero-order valence-electron chi connectivity index (χ0n) is 11.7. The van der Waals surface area contributed by atoms with Crippen LogP contribution in [0.15, 0.2) is 30.3 Å². The van der Waals surface area contributed by atoms with Crippen molar-refractivity contribution in [1.82, 2.24) is 14.8 Å². The van der Waals surface area contributed by atoms with Crippen LogP contribution in [-0.4, -0.2) is 14.8 Å². The number of pyridine rings is 1. The summed E-state index contributed by atoms with van der Waals surface area (Å²) < 4.78 is 7.70. The number of hydrogen-bond acceptors (Lipinski definition) is 4. The first-order valence-corrected chi connectivity index (χ1v) is 6.38. The van der Waals surface area contributed by atoms with Gasteiger partial charge in [-0.1, -0.05) is 0 Å². The van der Waals surface area contributed by atoms with E-state index in [1.165, 1.54) is 0 Å². The Morgan fingerprint density at radius 2 is 1.90 bits per heavy atom. The zero-order valence-corrected chi connectivity index (χ0v) is 11.7. The van der Waals surface area contributed by atoms with Gasteiger partial charge in [-0.15, -0.1) is 0 Å². The van der Waals surface area contributed by atoms with Crippen LogP contribution in [0.5, 0.6) is 11.6 Å². The van der Waals surface area contributed by atoms with Gasteiger partial charge in [-0.3, -0.25) is 4.98 Å². The number of nitrogens with zero attached hydrogens (tertiary/aromatic N) is 3. The molecule has 5 nitrogen and oxygen atoms in total. The van der Waals surface area contributed by atoms with Gasteiger partial charge in [0.15, 0.2) is 0 Å². The summed E-state index contributed by atoms with van der Waals surface area (Å²) in [7, 11) is 1.85. The summed E-state index contributed by atoms with van der Waals surface area (Å²) in [5, 5.41) is 5.18. The lowest BCUT2D eigenvalue weighted by atomic mass is 10.1. The molecule has 0 atom stereocenters. The molecule has 0 amide bonds. The monoisotopic (exact) mass is 268 g/mol. The molecule has 0 aliphatic rings. The molecule has 2 aromatic heterocycles. The van der Waals surface area contributed by atoms with Crippen molar-refractivity contribution in [3.05, 3.63) is 41.7 Å². The highest BCUT2D eigenvalue weighted by molar-refractivity contribution is 5.88. The summed E-state index contributed by atoms with van der Waals surface area (Å²) in [5.74, 6) is 1.43. The van der Waals surface area contributed by atoms with Crippen LogP contribution in [0.3, 0.4) is 0 Å². The number of nitrogen functional groups attached to an aromatic ring is 1. The van der Waals surface area contributed by atoms with Crippen molar-refractivity contribution in [1.29, 1.82) is 0 Å². The van der Waals surface area contributed by atoms with E-state index in [1.54, 1.807) is 4.68 Å². The standard InChI is InChI=1S/C15H16N4O/c1-9-6-14(20-15-7-10(2)18-19(15)3)12-8-11(16)4-5-13(12)17-9/h4-8H,16H2,1-3H3. The maximum atomic E-state index is 5.98. The molecule has 1 aromatic carbocycles. The fourth-order valence-electron chi connectivity index (χ4n) is 2.22. The Morgan fingerprint density at radius 3 is 2.60 bits per heavy atom. The molecule has 0 radical (unpaired) electrons. The van der Waals surface area contributed by atoms with Crippen LogP contribution in [0.1, 0.15) is 11.4 Å². The van der Waals surface area contributed by atoms with Gasteiger partial charge in [0.1, 0.15) is 5.75 Å². The summed E-state index contributed by atoms with van der Waals surface area (Å²) in [6.45, 7) is 3.87. The molecule has 0 aliphatic heterocycles. The first-order chi connectivity index (χ1) is 9.52. The van der Waals surface area contributed by atoms with Crippen molar-refractivity contribution in [2.45, 2.75) is 13.8 Å². The van der Waals surface area contributed by atoms with Crippen molar-refractivity contribution in [2.75, 3.05) is 5.73 Å². The predicted molar refractivity (Wildman–Crippen MR) is 78.9 cm³/mol. The summed E-state index contributed by atoms with van der Waals surface area (Å²) >= 11 is 0. The molecule has 0 saturated carbocycles. The van der Waals surface area contributed by atoms with Crippen molar-refractivity contribution in [2.24, 2.45) is 7.05 Å². The van der Waals surface area contributed by atoms with E-state index >= 15 is 0 Å². The van der Waals surface area contributed by atoms with Crippen LogP contribution in [-0.2, 0) is 7.05 Å². The van der Waals surface area contributed by atoms with Crippen LogP contribution >= 0.6 is 0 Å². The average molecular weight is 268 g/mol. The van der Waals surface area contributed by atoms with Crippen molar-refractivity contribution < 1.29 is 4.74 Å². The Kier molecular flexibility index (Phi) is 2.82. The van der Waals surface area contributed by atoms with E-state index in [9.17, 15) is 0 Å². The maximum absolute atomic E-state index is 5.98. The Morgan fingerprint density at radius 1 is 1.10 bits per heavy atom. The molecule has 0 saturated heterocycles. The third-order valence-electron chi connectivity index (χ3n) is 3.10. The van der Waals surface area contributed by atoms with Crippen LogP contribution in [0.25, 0.3) is 10.9 Å². The summed E-state index contributed by atoms with van der Waals surface area (Å²) in [6.07, 6.45) is 0. The van der Waals surface area contributed by atoms with Crippen LogP contribution in [0.4, 0.5) is 5.69 Å². The number of aromatic nitrogens is 3. The van der Waals surface area contributed by atoms with Crippen LogP contribution in [0, 0.1) is 13.8 Å². The number of fused-ring (bicyclic) bond motifs is 1. The molecule has 0 unspecified atom stereocenters. The molecule has 2 heterocycles. The second-order valence-corrected chi connectivity index (χ2v) is 4.89. The van der Waals surface area contributed by atoms with Gasteiger partial charge in [0, 0.05) is 35.9 Å². The quantitative estimate of drug-likeness (QED) is 0.726. The number of ether oxygens (including phenoxy) is 1. The molecule has 5 heteroatoms.